The maximum absolute atomic E-state index is 14.1. The highest BCUT2D eigenvalue weighted by atomic mass is 35.5. The minimum Gasteiger partial charge on any atom is -0.404 e. The number of carbonyl (C=O) groups is 1. The highest BCUT2D eigenvalue weighted by Crippen LogP contribution is 2.48. The molecule has 0 spiro atoms. The predicted octanol–water partition coefficient (Wildman–Crippen LogP) is 7.48. The van der Waals surface area contributed by atoms with Gasteiger partial charge < -0.3 is 5.73 Å². The highest BCUT2D eigenvalue weighted by molar-refractivity contribution is 7.97. The molecule has 1 fully saturated rings. The van der Waals surface area contributed by atoms with Crippen molar-refractivity contribution in [3.63, 3.8) is 0 Å². The number of nitrogens with zero attached hydrogens (tertiary/aromatic N) is 3. The van der Waals surface area contributed by atoms with Gasteiger partial charge in [-0.1, -0.05) is 47.5 Å². The first kappa shape index (κ1) is 29.0. The number of nitrogens with two attached hydrogens (primary N) is 1. The molecule has 2 aliphatic rings. The number of allylic oxidation sites excluding steroid dienone is 6. The Morgan fingerprint density at radius 1 is 1.28 bits per heavy atom. The normalized spacial score (nSPS) is 22.5. The number of piperidine rings is 1. The molecular formula is C29H26Cl2F2N4OS. The van der Waals surface area contributed by atoms with Crippen LogP contribution in [0.2, 0.25) is 10.0 Å². The topological polar surface area (TPSA) is 71.6 Å². The van der Waals surface area contributed by atoms with E-state index >= 15 is 0 Å². The number of aliphatic imine (C=N–C) groups is 1. The van der Waals surface area contributed by atoms with E-state index < -0.39 is 17.9 Å². The van der Waals surface area contributed by atoms with E-state index in [1.165, 1.54) is 30.3 Å². The molecule has 2 heterocycles. The number of fused-ring (bicyclic) bond motifs is 1. The second-order valence-corrected chi connectivity index (χ2v) is 11.0. The Labute approximate surface area is 240 Å². The molecule has 1 saturated heterocycles. The molecule has 5 nitrogen and oxygen atoms in total. The third-order valence-corrected chi connectivity index (χ3v) is 8.23. The molecule has 1 atom stereocenters. The van der Waals surface area contributed by atoms with Crippen molar-refractivity contribution in [3.05, 3.63) is 118 Å². The minimum absolute atomic E-state index is 0.127. The van der Waals surface area contributed by atoms with Crippen LogP contribution in [0.15, 0.2) is 112 Å². The van der Waals surface area contributed by atoms with Crippen LogP contribution >= 0.6 is 35.1 Å². The Hall–Kier alpha value is -3.04. The van der Waals surface area contributed by atoms with E-state index in [1.807, 2.05) is 12.1 Å². The fourth-order valence-corrected chi connectivity index (χ4v) is 6.07. The molecule has 1 aromatic heterocycles. The quantitative estimate of drug-likeness (QED) is 0.197. The van der Waals surface area contributed by atoms with Crippen molar-refractivity contribution in [2.75, 3.05) is 19.8 Å². The fourth-order valence-electron chi connectivity index (χ4n) is 4.64. The molecular weight excluding hydrogens is 561 g/mol. The molecule has 0 saturated carbocycles. The van der Waals surface area contributed by atoms with Crippen molar-refractivity contribution in [1.82, 2.24) is 9.29 Å². The Morgan fingerprint density at radius 2 is 2.10 bits per heavy atom. The molecule has 1 aliphatic heterocycles. The number of hydrogen-bond acceptors (Lipinski definition) is 6. The monoisotopic (exact) mass is 586 g/mol. The summed E-state index contributed by atoms with van der Waals surface area (Å²) in [5, 5.41) is 0.918. The average Bonchev–Trinajstić information content (AvgIpc) is 2.94. The fraction of sp³-hybridized carbons (Fsp3) is 0.207. The number of carbonyl (C=O) groups excluding carboxylic acids is 1. The number of ketones is 1. The van der Waals surface area contributed by atoms with Crippen molar-refractivity contribution in [3.8, 4) is 0 Å². The maximum atomic E-state index is 14.1. The van der Waals surface area contributed by atoms with Gasteiger partial charge in [0.25, 0.3) is 0 Å². The molecule has 0 amide bonds. The van der Waals surface area contributed by atoms with Gasteiger partial charge in [-0.3, -0.25) is 9.78 Å². The third kappa shape index (κ3) is 6.58. The average molecular weight is 588 g/mol. The van der Waals surface area contributed by atoms with Gasteiger partial charge in [0.2, 0.25) is 0 Å². The van der Waals surface area contributed by atoms with E-state index in [-0.39, 0.29) is 17.9 Å². The van der Waals surface area contributed by atoms with Crippen molar-refractivity contribution < 1.29 is 13.6 Å². The van der Waals surface area contributed by atoms with Crippen LogP contribution in [-0.2, 0) is 0 Å². The Morgan fingerprint density at radius 3 is 2.77 bits per heavy atom. The third-order valence-electron chi connectivity index (χ3n) is 6.45. The van der Waals surface area contributed by atoms with Crippen molar-refractivity contribution in [1.29, 1.82) is 0 Å². The first-order valence-electron chi connectivity index (χ1n) is 12.1. The van der Waals surface area contributed by atoms with Gasteiger partial charge in [-0.25, -0.2) is 18.1 Å². The molecule has 2 N–H and O–H groups in total. The van der Waals surface area contributed by atoms with Crippen molar-refractivity contribution in [2.45, 2.75) is 17.7 Å². The van der Waals surface area contributed by atoms with Crippen LogP contribution in [0, 0.1) is 5.41 Å². The Kier molecular flexibility index (Phi) is 9.56. The lowest BCUT2D eigenvalue weighted by Crippen LogP contribution is -2.49. The van der Waals surface area contributed by atoms with Gasteiger partial charge in [0.1, 0.15) is 18.2 Å². The number of Topliss-reactive ketones (excluding diaryl/α,β-unsaturated/α-hetero) is 1. The van der Waals surface area contributed by atoms with Crippen LogP contribution in [0.5, 0.6) is 0 Å². The Balaban J connectivity index is 1.77. The van der Waals surface area contributed by atoms with Gasteiger partial charge in [-0.15, -0.1) is 0 Å². The number of benzene rings is 1. The van der Waals surface area contributed by atoms with E-state index in [2.05, 4.69) is 20.9 Å². The van der Waals surface area contributed by atoms with Crippen LogP contribution in [0.3, 0.4) is 0 Å². The van der Waals surface area contributed by atoms with Gasteiger partial charge in [0.05, 0.1) is 26.9 Å². The van der Waals surface area contributed by atoms with E-state index in [9.17, 15) is 13.6 Å². The maximum Gasteiger partial charge on any atom is 0.192 e. The van der Waals surface area contributed by atoms with E-state index in [0.29, 0.717) is 46.5 Å². The van der Waals surface area contributed by atoms with Crippen molar-refractivity contribution >= 4 is 46.6 Å². The number of aromatic nitrogens is 1. The summed E-state index contributed by atoms with van der Waals surface area (Å²) in [4.78, 5) is 23.9. The summed E-state index contributed by atoms with van der Waals surface area (Å²) in [5.41, 5.74) is 7.59. The molecule has 1 aromatic carbocycles. The SMILES string of the molecule is C=C/C=C(\C=C(\F)CF)N=C1C=C2CCN(Sc3ccc(Cl)c(Cl)c3)CC2(C(=O)c2ccccn2)CC1=CN. The standard InChI is InChI=1S/C29H26Cl2F2N4OS/c1-2-5-22(13-21(33)16-32)36-27-12-20-9-11-37(39-23-7-8-24(30)25(31)14-23)18-29(20,15-19(27)17-34)28(38)26-6-3-4-10-35-26/h2-8,10,12-14,17H,1,9,11,15-16,18,34H2/b19-17?,21-13+,22-5+,36-27?. The highest BCUT2D eigenvalue weighted by Gasteiger charge is 2.49. The zero-order valence-electron chi connectivity index (χ0n) is 20.9. The number of rotatable bonds is 8. The van der Waals surface area contributed by atoms with E-state index in [0.717, 1.165) is 16.5 Å². The molecule has 1 aliphatic carbocycles. The smallest absolute Gasteiger partial charge is 0.192 e. The second-order valence-electron chi connectivity index (χ2n) is 8.99. The van der Waals surface area contributed by atoms with Gasteiger partial charge in [0.15, 0.2) is 5.78 Å². The number of hydrogen-bond donors (Lipinski definition) is 1. The molecule has 10 heteroatoms. The van der Waals surface area contributed by atoms with E-state index in [4.69, 9.17) is 28.9 Å². The lowest BCUT2D eigenvalue weighted by atomic mass is 9.64. The summed E-state index contributed by atoms with van der Waals surface area (Å²) in [7, 11) is 0. The van der Waals surface area contributed by atoms with Crippen LogP contribution in [0.1, 0.15) is 23.3 Å². The lowest BCUT2D eigenvalue weighted by Gasteiger charge is -2.45. The summed E-state index contributed by atoms with van der Waals surface area (Å²) in [6.07, 6.45) is 9.60. The minimum atomic E-state index is -1.24. The number of pyridine rings is 1. The van der Waals surface area contributed by atoms with Gasteiger partial charge in [0, 0.05) is 24.2 Å². The summed E-state index contributed by atoms with van der Waals surface area (Å²) in [6, 6.07) is 10.6. The summed E-state index contributed by atoms with van der Waals surface area (Å²) >= 11 is 13.8. The molecule has 0 bridgehead atoms. The summed E-state index contributed by atoms with van der Waals surface area (Å²) in [6.45, 7) is 3.42. The van der Waals surface area contributed by atoms with Gasteiger partial charge >= 0.3 is 0 Å². The first-order chi connectivity index (χ1) is 18.8. The van der Waals surface area contributed by atoms with Crippen LogP contribution in [-0.4, -0.2) is 40.5 Å². The predicted molar refractivity (Wildman–Crippen MR) is 155 cm³/mol. The first-order valence-corrected chi connectivity index (χ1v) is 13.6. The van der Waals surface area contributed by atoms with Crippen molar-refractivity contribution in [2.24, 2.45) is 16.1 Å². The molecule has 39 heavy (non-hydrogen) atoms. The lowest BCUT2D eigenvalue weighted by molar-refractivity contribution is 0.0776. The van der Waals surface area contributed by atoms with Gasteiger partial charge in [-0.05, 0) is 85.1 Å². The molecule has 2 aromatic rings. The number of halogens is 4. The zero-order valence-corrected chi connectivity index (χ0v) is 23.2. The largest absolute Gasteiger partial charge is 0.404 e. The molecule has 4 rings (SSSR count). The molecule has 0 radical (unpaired) electrons. The zero-order chi connectivity index (χ0) is 28.0. The second kappa shape index (κ2) is 12.9. The Bertz CT molecular complexity index is 1420. The summed E-state index contributed by atoms with van der Waals surface area (Å²) in [5.74, 6) is -1.08. The van der Waals surface area contributed by atoms with Crippen LogP contribution in [0.4, 0.5) is 8.78 Å². The molecule has 1 unspecified atom stereocenters. The summed E-state index contributed by atoms with van der Waals surface area (Å²) < 4.78 is 28.7. The van der Waals surface area contributed by atoms with Crippen LogP contribution in [0.25, 0.3) is 0 Å². The number of alkyl halides is 1. The van der Waals surface area contributed by atoms with Crippen LogP contribution < -0.4 is 5.73 Å². The molecule has 202 valence electrons. The van der Waals surface area contributed by atoms with E-state index in [1.54, 1.807) is 36.5 Å². The van der Waals surface area contributed by atoms with Gasteiger partial charge in [-0.2, -0.15) is 0 Å².